The second kappa shape index (κ2) is 3.79. The van der Waals surface area contributed by atoms with E-state index in [9.17, 15) is 0 Å². The van der Waals surface area contributed by atoms with Gasteiger partial charge in [0.1, 0.15) is 0 Å². The molecule has 0 radical (unpaired) electrons. The number of hydrogen-bond donors (Lipinski definition) is 1. The van der Waals surface area contributed by atoms with Gasteiger partial charge < -0.3 is 14.6 Å². The number of aromatic nitrogens is 2. The minimum atomic E-state index is 0.554. The molecule has 0 spiro atoms. The number of imidazole rings is 1. The monoisotopic (exact) mass is 181 g/mol. The van der Waals surface area contributed by atoms with E-state index in [1.807, 2.05) is 19.4 Å². The Morgan fingerprint density at radius 3 is 3.00 bits per heavy atom. The molecule has 1 N–H and O–H groups in total. The van der Waals surface area contributed by atoms with Crippen LogP contribution in [-0.2, 0) is 4.74 Å². The van der Waals surface area contributed by atoms with Crippen molar-refractivity contribution >= 4 is 5.95 Å². The predicted molar refractivity (Wildman–Crippen MR) is 50.9 cm³/mol. The van der Waals surface area contributed by atoms with Crippen molar-refractivity contribution < 1.29 is 4.74 Å². The highest BCUT2D eigenvalue weighted by atomic mass is 16.5. The Kier molecular flexibility index (Phi) is 2.49. The van der Waals surface area contributed by atoms with Crippen LogP contribution in [-0.4, -0.2) is 29.8 Å². The molecule has 4 heteroatoms. The van der Waals surface area contributed by atoms with Gasteiger partial charge in [-0.15, -0.1) is 0 Å². The fourth-order valence-corrected chi connectivity index (χ4v) is 1.76. The quantitative estimate of drug-likeness (QED) is 0.747. The van der Waals surface area contributed by atoms with Crippen molar-refractivity contribution in [1.82, 2.24) is 9.55 Å². The van der Waals surface area contributed by atoms with Gasteiger partial charge in [0.2, 0.25) is 5.95 Å². The van der Waals surface area contributed by atoms with Crippen LogP contribution in [0.5, 0.6) is 0 Å². The summed E-state index contributed by atoms with van der Waals surface area (Å²) in [5.41, 5.74) is 0. The maximum atomic E-state index is 5.32. The van der Waals surface area contributed by atoms with Crippen LogP contribution in [0.3, 0.4) is 0 Å². The Bertz CT molecular complexity index is 266. The highest BCUT2D eigenvalue weighted by Gasteiger charge is 2.17. The zero-order chi connectivity index (χ0) is 9.10. The van der Waals surface area contributed by atoms with E-state index >= 15 is 0 Å². The van der Waals surface area contributed by atoms with Gasteiger partial charge in [-0.1, -0.05) is 0 Å². The highest BCUT2D eigenvalue weighted by molar-refractivity contribution is 5.25. The zero-order valence-electron chi connectivity index (χ0n) is 7.86. The van der Waals surface area contributed by atoms with Crippen molar-refractivity contribution in [1.29, 1.82) is 0 Å². The van der Waals surface area contributed by atoms with Gasteiger partial charge in [-0.3, -0.25) is 0 Å². The van der Waals surface area contributed by atoms with Gasteiger partial charge in [-0.2, -0.15) is 0 Å². The number of nitrogens with zero attached hydrogens (tertiary/aromatic N) is 2. The van der Waals surface area contributed by atoms with Crippen LogP contribution in [0.15, 0.2) is 12.4 Å². The molecule has 1 aromatic heterocycles. The van der Waals surface area contributed by atoms with Crippen LogP contribution >= 0.6 is 0 Å². The molecule has 1 aromatic rings. The van der Waals surface area contributed by atoms with E-state index in [0.717, 1.165) is 32.0 Å². The summed E-state index contributed by atoms with van der Waals surface area (Å²) < 4.78 is 7.51. The third-order valence-corrected chi connectivity index (χ3v) is 2.48. The van der Waals surface area contributed by atoms with E-state index in [1.54, 1.807) is 0 Å². The second-order valence-corrected chi connectivity index (χ2v) is 3.25. The third kappa shape index (κ3) is 1.67. The van der Waals surface area contributed by atoms with E-state index in [1.165, 1.54) is 0 Å². The Morgan fingerprint density at radius 2 is 2.31 bits per heavy atom. The van der Waals surface area contributed by atoms with Gasteiger partial charge in [-0.05, 0) is 12.8 Å². The molecular weight excluding hydrogens is 166 g/mol. The molecule has 2 rings (SSSR count). The topological polar surface area (TPSA) is 39.1 Å². The first kappa shape index (κ1) is 8.56. The van der Waals surface area contributed by atoms with Crippen molar-refractivity contribution in [3.63, 3.8) is 0 Å². The molecule has 72 valence electrons. The van der Waals surface area contributed by atoms with Crippen LogP contribution in [0.4, 0.5) is 5.95 Å². The molecule has 0 atom stereocenters. The van der Waals surface area contributed by atoms with E-state index in [4.69, 9.17) is 4.74 Å². The van der Waals surface area contributed by atoms with Crippen molar-refractivity contribution in [3.8, 4) is 0 Å². The first-order chi connectivity index (χ1) is 6.42. The van der Waals surface area contributed by atoms with Gasteiger partial charge >= 0.3 is 0 Å². The Labute approximate surface area is 77.9 Å². The number of anilines is 1. The van der Waals surface area contributed by atoms with Crippen LogP contribution in [0.2, 0.25) is 0 Å². The summed E-state index contributed by atoms with van der Waals surface area (Å²) in [7, 11) is 1.90. The molecule has 13 heavy (non-hydrogen) atoms. The zero-order valence-corrected chi connectivity index (χ0v) is 7.86. The van der Waals surface area contributed by atoms with E-state index in [-0.39, 0.29) is 0 Å². The maximum Gasteiger partial charge on any atom is 0.202 e. The molecule has 1 aliphatic heterocycles. The summed E-state index contributed by atoms with van der Waals surface area (Å²) >= 11 is 0. The summed E-state index contributed by atoms with van der Waals surface area (Å²) in [6, 6.07) is 0.554. The lowest BCUT2D eigenvalue weighted by atomic mass is 10.1. The third-order valence-electron chi connectivity index (χ3n) is 2.48. The summed E-state index contributed by atoms with van der Waals surface area (Å²) in [5, 5.41) is 3.08. The molecule has 0 saturated carbocycles. The summed E-state index contributed by atoms with van der Waals surface area (Å²) in [5.74, 6) is 0.951. The molecule has 1 saturated heterocycles. The van der Waals surface area contributed by atoms with Crippen LogP contribution in [0, 0.1) is 0 Å². The molecular formula is C9H15N3O. The van der Waals surface area contributed by atoms with E-state index in [0.29, 0.717) is 6.04 Å². The van der Waals surface area contributed by atoms with Gasteiger partial charge in [0.05, 0.1) is 0 Å². The van der Waals surface area contributed by atoms with Gasteiger partial charge in [0.25, 0.3) is 0 Å². The molecule has 1 aliphatic rings. The first-order valence-electron chi connectivity index (χ1n) is 4.70. The van der Waals surface area contributed by atoms with Crippen molar-refractivity contribution in [2.45, 2.75) is 18.9 Å². The second-order valence-electron chi connectivity index (χ2n) is 3.25. The van der Waals surface area contributed by atoms with Crippen molar-refractivity contribution in [2.24, 2.45) is 0 Å². The summed E-state index contributed by atoms with van der Waals surface area (Å²) in [4.78, 5) is 4.22. The minimum absolute atomic E-state index is 0.554. The van der Waals surface area contributed by atoms with E-state index < -0.39 is 0 Å². The molecule has 2 heterocycles. The Morgan fingerprint density at radius 1 is 1.54 bits per heavy atom. The predicted octanol–water partition coefficient (Wildman–Crippen LogP) is 1.28. The fraction of sp³-hybridized carbons (Fsp3) is 0.667. The number of nitrogens with one attached hydrogen (secondary N) is 1. The first-order valence-corrected chi connectivity index (χ1v) is 4.70. The fourth-order valence-electron chi connectivity index (χ4n) is 1.76. The number of ether oxygens (including phenoxy) is 1. The average molecular weight is 181 g/mol. The molecule has 0 unspecified atom stereocenters. The Hall–Kier alpha value is -1.03. The largest absolute Gasteiger partial charge is 0.381 e. The SMILES string of the molecule is CNc1nccn1C1CCOCC1. The molecule has 0 amide bonds. The smallest absolute Gasteiger partial charge is 0.202 e. The normalized spacial score (nSPS) is 18.8. The molecule has 1 fully saturated rings. The van der Waals surface area contributed by atoms with Crippen LogP contribution in [0.1, 0.15) is 18.9 Å². The van der Waals surface area contributed by atoms with Gasteiger partial charge in [-0.25, -0.2) is 4.98 Å². The summed E-state index contributed by atoms with van der Waals surface area (Å²) in [6.45, 7) is 1.73. The van der Waals surface area contributed by atoms with E-state index in [2.05, 4.69) is 14.9 Å². The highest BCUT2D eigenvalue weighted by Crippen LogP contribution is 2.23. The maximum absolute atomic E-state index is 5.32. The molecule has 0 aliphatic carbocycles. The minimum Gasteiger partial charge on any atom is -0.381 e. The van der Waals surface area contributed by atoms with Gasteiger partial charge in [0.15, 0.2) is 0 Å². The lowest BCUT2D eigenvalue weighted by Gasteiger charge is -2.24. The summed E-state index contributed by atoms with van der Waals surface area (Å²) in [6.07, 6.45) is 6.04. The lowest BCUT2D eigenvalue weighted by Crippen LogP contribution is -2.20. The standard InChI is InChI=1S/C9H15N3O/c1-10-9-11-4-5-12(9)8-2-6-13-7-3-8/h4-5,8H,2-3,6-7H2,1H3,(H,10,11). The van der Waals surface area contributed by atoms with Crippen molar-refractivity contribution in [2.75, 3.05) is 25.6 Å². The van der Waals surface area contributed by atoms with Gasteiger partial charge in [0, 0.05) is 38.7 Å². The average Bonchev–Trinajstić information content (AvgIpc) is 2.67. The number of hydrogen-bond acceptors (Lipinski definition) is 3. The van der Waals surface area contributed by atoms with Crippen LogP contribution in [0.25, 0.3) is 0 Å². The van der Waals surface area contributed by atoms with Crippen molar-refractivity contribution in [3.05, 3.63) is 12.4 Å². The molecule has 0 aromatic carbocycles. The van der Waals surface area contributed by atoms with Crippen LogP contribution < -0.4 is 5.32 Å². The lowest BCUT2D eigenvalue weighted by molar-refractivity contribution is 0.0701. The molecule has 0 bridgehead atoms. The Balaban J connectivity index is 2.13. The molecule has 4 nitrogen and oxygen atoms in total. The number of rotatable bonds is 2.